The molecule has 0 bridgehead atoms. The maximum atomic E-state index is 13.2. The summed E-state index contributed by atoms with van der Waals surface area (Å²) in [5, 5.41) is 3.01. The van der Waals surface area contributed by atoms with Crippen molar-refractivity contribution in [1.82, 2.24) is 4.72 Å². The third-order valence-corrected chi connectivity index (χ3v) is 6.35. The third-order valence-electron chi connectivity index (χ3n) is 4.78. The van der Waals surface area contributed by atoms with E-state index in [0.717, 1.165) is 5.56 Å². The van der Waals surface area contributed by atoms with Crippen molar-refractivity contribution >= 4 is 39.0 Å². The smallest absolute Gasteiger partial charge is 0.307 e. The van der Waals surface area contributed by atoms with Crippen LogP contribution in [0.15, 0.2) is 83.8 Å². The first-order valence-electron chi connectivity index (χ1n) is 10.3. The van der Waals surface area contributed by atoms with Gasteiger partial charge in [-0.1, -0.05) is 54.6 Å². The molecule has 0 fully saturated rings. The van der Waals surface area contributed by atoms with E-state index < -0.39 is 22.0 Å². The molecule has 3 rings (SSSR count). The van der Waals surface area contributed by atoms with Gasteiger partial charge >= 0.3 is 5.97 Å². The van der Waals surface area contributed by atoms with Crippen LogP contribution in [-0.2, 0) is 19.6 Å². The lowest BCUT2D eigenvalue weighted by Gasteiger charge is -2.19. The molecule has 9 heteroatoms. The van der Waals surface area contributed by atoms with Crippen molar-refractivity contribution in [1.29, 1.82) is 0 Å². The molecule has 172 valence electrons. The molecule has 0 amide bonds. The van der Waals surface area contributed by atoms with Crippen LogP contribution in [0.25, 0.3) is 11.1 Å². The summed E-state index contributed by atoms with van der Waals surface area (Å²) in [7, 11) is -3.94. The van der Waals surface area contributed by atoms with Crippen molar-refractivity contribution in [3.05, 3.63) is 84.4 Å². The molecule has 0 radical (unpaired) electrons. The number of thiocarbonyl (C=S) groups is 1. The van der Waals surface area contributed by atoms with Gasteiger partial charge in [0.25, 0.3) is 0 Å². The van der Waals surface area contributed by atoms with Crippen LogP contribution in [0.3, 0.4) is 0 Å². The van der Waals surface area contributed by atoms with Crippen molar-refractivity contribution in [2.75, 3.05) is 11.9 Å². The molecule has 0 saturated heterocycles. The molecule has 3 aromatic carbocycles. The second-order valence-electron chi connectivity index (χ2n) is 7.19. The number of esters is 1. The van der Waals surface area contributed by atoms with E-state index in [2.05, 4.69) is 10.0 Å². The minimum Gasteiger partial charge on any atom is -0.466 e. The molecule has 0 saturated carbocycles. The monoisotopic (exact) mass is 483 g/mol. The number of nitrogens with one attached hydrogen (secondary N) is 2. The van der Waals surface area contributed by atoms with Crippen LogP contribution in [0.2, 0.25) is 0 Å². The van der Waals surface area contributed by atoms with Crippen molar-refractivity contribution in [3.8, 4) is 11.1 Å². The number of ether oxygens (including phenoxy) is 1. The predicted octanol–water partition coefficient (Wildman–Crippen LogP) is 3.98. The normalized spacial score (nSPS) is 12.0. The lowest BCUT2D eigenvalue weighted by molar-refractivity contribution is -0.143. The summed E-state index contributed by atoms with van der Waals surface area (Å²) in [5.41, 5.74) is 8.40. The highest BCUT2D eigenvalue weighted by Gasteiger charge is 2.24. The van der Waals surface area contributed by atoms with Crippen LogP contribution in [0.1, 0.15) is 24.9 Å². The van der Waals surface area contributed by atoms with E-state index >= 15 is 0 Å². The summed E-state index contributed by atoms with van der Waals surface area (Å²) in [5.74, 6) is -0.482. The van der Waals surface area contributed by atoms with Crippen LogP contribution in [0, 0.1) is 0 Å². The van der Waals surface area contributed by atoms with Gasteiger partial charge in [-0.25, -0.2) is 13.1 Å². The highest BCUT2D eigenvalue weighted by Crippen LogP contribution is 2.27. The fourth-order valence-corrected chi connectivity index (χ4v) is 4.70. The van der Waals surface area contributed by atoms with E-state index in [1.54, 1.807) is 43.3 Å². The number of carbonyl (C=O) groups excluding carboxylic acids is 1. The molecular formula is C24H25N3O4S2. The van der Waals surface area contributed by atoms with Crippen LogP contribution >= 0.6 is 12.2 Å². The molecule has 0 aliphatic rings. The van der Waals surface area contributed by atoms with Gasteiger partial charge in [-0.3, -0.25) is 4.79 Å². The Morgan fingerprint density at radius 3 is 2.33 bits per heavy atom. The minimum atomic E-state index is -3.94. The Labute approximate surface area is 199 Å². The molecule has 1 atom stereocenters. The molecule has 33 heavy (non-hydrogen) atoms. The minimum absolute atomic E-state index is 0.0810. The Bertz CT molecular complexity index is 1230. The number of hydrogen-bond acceptors (Lipinski definition) is 5. The van der Waals surface area contributed by atoms with Gasteiger partial charge in [-0.15, -0.1) is 0 Å². The van der Waals surface area contributed by atoms with Crippen molar-refractivity contribution < 1.29 is 17.9 Å². The van der Waals surface area contributed by atoms with Crippen molar-refractivity contribution in [2.45, 2.75) is 24.3 Å². The highest BCUT2D eigenvalue weighted by atomic mass is 32.2. The summed E-state index contributed by atoms with van der Waals surface area (Å²) in [4.78, 5) is 12.2. The first-order chi connectivity index (χ1) is 15.8. The molecule has 0 aromatic heterocycles. The summed E-state index contributed by atoms with van der Waals surface area (Å²) in [6.07, 6.45) is -0.122. The average Bonchev–Trinajstić information content (AvgIpc) is 2.79. The quantitative estimate of drug-likeness (QED) is 0.312. The molecule has 0 spiro atoms. The molecule has 0 heterocycles. The molecule has 3 aromatic rings. The summed E-state index contributed by atoms with van der Waals surface area (Å²) < 4.78 is 34.2. The number of sulfonamides is 1. The zero-order valence-electron chi connectivity index (χ0n) is 18.0. The lowest BCUT2D eigenvalue weighted by Crippen LogP contribution is -2.30. The van der Waals surface area contributed by atoms with Gasteiger partial charge in [0.2, 0.25) is 10.0 Å². The van der Waals surface area contributed by atoms with Crippen LogP contribution in [0.4, 0.5) is 5.69 Å². The number of anilines is 1. The lowest BCUT2D eigenvalue weighted by atomic mass is 10.1. The van der Waals surface area contributed by atoms with E-state index in [4.69, 9.17) is 22.7 Å². The summed E-state index contributed by atoms with van der Waals surface area (Å²) in [6.45, 7) is 1.93. The van der Waals surface area contributed by atoms with Gasteiger partial charge in [0.15, 0.2) is 5.11 Å². The number of carbonyl (C=O) groups is 1. The molecule has 0 aliphatic carbocycles. The first kappa shape index (κ1) is 24.4. The maximum absolute atomic E-state index is 13.2. The number of hydrogen-bond donors (Lipinski definition) is 3. The van der Waals surface area contributed by atoms with Crippen molar-refractivity contribution in [2.24, 2.45) is 5.73 Å². The predicted molar refractivity (Wildman–Crippen MR) is 133 cm³/mol. The number of rotatable bonds is 9. The topological polar surface area (TPSA) is 111 Å². The Kier molecular flexibility index (Phi) is 8.16. The van der Waals surface area contributed by atoms with Crippen LogP contribution in [0.5, 0.6) is 0 Å². The Morgan fingerprint density at radius 1 is 1.00 bits per heavy atom. The Balaban J connectivity index is 1.90. The van der Waals surface area contributed by atoms with E-state index in [0.29, 0.717) is 16.8 Å². The second kappa shape index (κ2) is 11.0. The maximum Gasteiger partial charge on any atom is 0.307 e. The second-order valence-corrected chi connectivity index (χ2v) is 9.35. The average molecular weight is 484 g/mol. The molecule has 7 nitrogen and oxygen atoms in total. The summed E-state index contributed by atoms with van der Waals surface area (Å²) in [6, 6.07) is 22.0. The molecular weight excluding hydrogens is 458 g/mol. The zero-order chi connectivity index (χ0) is 23.8. The van der Waals surface area contributed by atoms with E-state index in [1.807, 2.05) is 36.4 Å². The largest absolute Gasteiger partial charge is 0.466 e. The molecule has 4 N–H and O–H groups in total. The van der Waals surface area contributed by atoms with Crippen LogP contribution < -0.4 is 15.8 Å². The first-order valence-corrected chi connectivity index (χ1v) is 12.2. The third kappa shape index (κ3) is 6.85. The van der Waals surface area contributed by atoms with Crippen LogP contribution in [-0.4, -0.2) is 26.1 Å². The highest BCUT2D eigenvalue weighted by molar-refractivity contribution is 7.89. The van der Waals surface area contributed by atoms with Gasteiger partial charge in [-0.2, -0.15) is 0 Å². The Morgan fingerprint density at radius 2 is 1.67 bits per heavy atom. The Hall–Kier alpha value is -3.27. The molecule has 0 aliphatic heterocycles. The van der Waals surface area contributed by atoms with Gasteiger partial charge in [0.05, 0.1) is 24.0 Å². The van der Waals surface area contributed by atoms with Gasteiger partial charge < -0.3 is 15.8 Å². The number of nitrogens with two attached hydrogens (primary N) is 1. The van der Waals surface area contributed by atoms with Crippen molar-refractivity contribution in [3.63, 3.8) is 0 Å². The van der Waals surface area contributed by atoms with E-state index in [1.165, 1.54) is 6.07 Å². The molecule has 0 unspecified atom stereocenters. The standard InChI is InChI=1S/C24H25N3O4S2/c1-2-31-23(28)16-22(17-8-4-3-5-9-17)27-33(29,30)21-13-7-11-19(15-21)18-10-6-12-20(14-18)26-24(25)32/h3-15,22,27H,2,16H2,1H3,(H3,25,26,32)/t22-/m1/s1. The SMILES string of the molecule is CCOC(=O)C[C@@H](NS(=O)(=O)c1cccc(-c2cccc(NC(N)=S)c2)c1)c1ccccc1. The van der Waals surface area contributed by atoms with Gasteiger partial charge in [-0.05, 0) is 60.1 Å². The summed E-state index contributed by atoms with van der Waals surface area (Å²) >= 11 is 4.88. The zero-order valence-corrected chi connectivity index (χ0v) is 19.7. The number of benzene rings is 3. The van der Waals surface area contributed by atoms with E-state index in [-0.39, 0.29) is 23.0 Å². The van der Waals surface area contributed by atoms with E-state index in [9.17, 15) is 13.2 Å². The fourth-order valence-electron chi connectivity index (χ4n) is 3.32. The van der Waals surface area contributed by atoms with Gasteiger partial charge in [0, 0.05) is 5.69 Å². The fraction of sp³-hybridized carbons (Fsp3) is 0.167. The van der Waals surface area contributed by atoms with Gasteiger partial charge in [0.1, 0.15) is 0 Å².